The fourth-order valence-electron chi connectivity index (χ4n) is 4.37. The van der Waals surface area contributed by atoms with Crippen molar-refractivity contribution in [1.29, 1.82) is 0 Å². The smallest absolute Gasteiger partial charge is 0.0731 e. The first-order chi connectivity index (χ1) is 10.4. The predicted octanol–water partition coefficient (Wildman–Crippen LogP) is 3.68. The number of benzene rings is 1. The van der Waals surface area contributed by atoms with Gasteiger partial charge in [-0.15, -0.1) is 0 Å². The van der Waals surface area contributed by atoms with Crippen LogP contribution in [0.5, 0.6) is 0 Å². The highest BCUT2D eigenvalue weighted by atomic mass is 16.5. The summed E-state index contributed by atoms with van der Waals surface area (Å²) in [7, 11) is 0. The molecule has 2 nitrogen and oxygen atoms in total. The van der Waals surface area contributed by atoms with Crippen LogP contribution in [0.1, 0.15) is 43.6 Å². The van der Waals surface area contributed by atoms with Crippen molar-refractivity contribution in [2.75, 3.05) is 26.2 Å². The predicted molar refractivity (Wildman–Crippen MR) is 85.4 cm³/mol. The van der Waals surface area contributed by atoms with Crippen LogP contribution in [0.2, 0.25) is 0 Å². The van der Waals surface area contributed by atoms with Gasteiger partial charge in [-0.3, -0.25) is 0 Å². The molecular formula is C19H27NO. The van der Waals surface area contributed by atoms with Crippen molar-refractivity contribution in [1.82, 2.24) is 4.90 Å². The molecule has 1 unspecified atom stereocenters. The molecule has 21 heavy (non-hydrogen) atoms. The van der Waals surface area contributed by atoms with Crippen LogP contribution in [0, 0.1) is 11.8 Å². The van der Waals surface area contributed by atoms with Gasteiger partial charge in [0.05, 0.1) is 12.7 Å². The van der Waals surface area contributed by atoms with Crippen LogP contribution >= 0.6 is 0 Å². The quantitative estimate of drug-likeness (QED) is 0.818. The first kappa shape index (κ1) is 13.8. The van der Waals surface area contributed by atoms with Crippen molar-refractivity contribution in [2.24, 2.45) is 11.8 Å². The molecule has 2 atom stereocenters. The average Bonchev–Trinajstić information content (AvgIpc) is 2.51. The highest BCUT2D eigenvalue weighted by Crippen LogP contribution is 2.40. The van der Waals surface area contributed by atoms with Gasteiger partial charge in [-0.1, -0.05) is 36.8 Å². The molecule has 4 aliphatic rings. The Hall–Kier alpha value is -0.860. The highest BCUT2D eigenvalue weighted by molar-refractivity contribution is 5.21. The van der Waals surface area contributed by atoms with Gasteiger partial charge in [0.2, 0.25) is 0 Å². The topological polar surface area (TPSA) is 12.5 Å². The Kier molecular flexibility index (Phi) is 4.00. The van der Waals surface area contributed by atoms with E-state index in [1.54, 1.807) is 0 Å². The van der Waals surface area contributed by atoms with Gasteiger partial charge in [-0.25, -0.2) is 0 Å². The van der Waals surface area contributed by atoms with E-state index in [2.05, 4.69) is 35.2 Å². The van der Waals surface area contributed by atoms with Gasteiger partial charge in [0.1, 0.15) is 0 Å². The maximum atomic E-state index is 6.45. The highest BCUT2D eigenvalue weighted by Gasteiger charge is 2.36. The lowest BCUT2D eigenvalue weighted by Gasteiger charge is -2.45. The van der Waals surface area contributed by atoms with Crippen LogP contribution in [0.15, 0.2) is 30.3 Å². The van der Waals surface area contributed by atoms with E-state index in [1.807, 2.05) is 0 Å². The molecule has 2 heteroatoms. The van der Waals surface area contributed by atoms with Crippen LogP contribution in [-0.2, 0) is 4.74 Å². The van der Waals surface area contributed by atoms with Crippen LogP contribution in [0.4, 0.5) is 0 Å². The molecule has 0 aromatic heterocycles. The Morgan fingerprint density at radius 3 is 2.38 bits per heavy atom. The molecule has 1 aliphatic carbocycles. The van der Waals surface area contributed by atoms with Crippen molar-refractivity contribution in [3.63, 3.8) is 0 Å². The number of piperidine rings is 3. The Morgan fingerprint density at radius 2 is 1.81 bits per heavy atom. The second kappa shape index (κ2) is 6.10. The van der Waals surface area contributed by atoms with Gasteiger partial charge in [-0.2, -0.15) is 0 Å². The first-order valence-electron chi connectivity index (χ1n) is 8.79. The van der Waals surface area contributed by atoms with Gasteiger partial charge in [0, 0.05) is 12.5 Å². The molecule has 0 N–H and O–H groups in total. The summed E-state index contributed by atoms with van der Waals surface area (Å²) in [5.41, 5.74) is 1.49. The number of fused-ring (bicyclic) bond motifs is 3. The molecule has 3 saturated heterocycles. The van der Waals surface area contributed by atoms with Gasteiger partial charge in [-0.05, 0) is 56.2 Å². The lowest BCUT2D eigenvalue weighted by molar-refractivity contribution is -0.0786. The van der Waals surface area contributed by atoms with E-state index in [9.17, 15) is 0 Å². The summed E-state index contributed by atoms with van der Waals surface area (Å²) in [4.78, 5) is 2.59. The first-order valence-corrected chi connectivity index (χ1v) is 8.79. The zero-order chi connectivity index (χ0) is 14.1. The summed E-state index contributed by atoms with van der Waals surface area (Å²) in [5, 5.41) is 0. The minimum absolute atomic E-state index is 0.499. The Morgan fingerprint density at radius 1 is 1.05 bits per heavy atom. The fourth-order valence-corrected chi connectivity index (χ4v) is 4.37. The van der Waals surface area contributed by atoms with E-state index in [4.69, 9.17) is 4.74 Å². The molecule has 3 heterocycles. The Bertz CT molecular complexity index is 448. The molecule has 1 aromatic carbocycles. The zero-order valence-electron chi connectivity index (χ0n) is 12.9. The standard InChI is InChI=1S/C19H27NO/c1-2-5-15(6-3-1)18(16-7-4-8-16)14-21-19-13-20-11-9-17(19)10-12-20/h1-3,5-6,16-19H,4,7-14H2/t18?,19-/m1/s1. The number of hydrogen-bond acceptors (Lipinski definition) is 2. The zero-order valence-corrected chi connectivity index (χ0v) is 12.9. The van der Waals surface area contributed by atoms with Crippen LogP contribution in [0.25, 0.3) is 0 Å². The number of hydrogen-bond donors (Lipinski definition) is 0. The van der Waals surface area contributed by atoms with E-state index in [0.717, 1.165) is 18.4 Å². The fraction of sp³-hybridized carbons (Fsp3) is 0.684. The van der Waals surface area contributed by atoms with Gasteiger partial charge < -0.3 is 9.64 Å². The molecule has 0 amide bonds. The van der Waals surface area contributed by atoms with Crippen molar-refractivity contribution in [2.45, 2.75) is 44.1 Å². The lowest BCUT2D eigenvalue weighted by atomic mass is 9.73. The molecule has 0 radical (unpaired) electrons. The van der Waals surface area contributed by atoms with E-state index >= 15 is 0 Å². The third kappa shape index (κ3) is 2.89. The van der Waals surface area contributed by atoms with Crippen LogP contribution in [0.3, 0.4) is 0 Å². The third-order valence-corrected chi connectivity index (χ3v) is 6.03. The molecule has 0 spiro atoms. The van der Waals surface area contributed by atoms with Crippen LogP contribution in [-0.4, -0.2) is 37.2 Å². The summed E-state index contributed by atoms with van der Waals surface area (Å²) in [6.45, 7) is 4.71. The second-order valence-electron chi connectivity index (χ2n) is 7.22. The summed E-state index contributed by atoms with van der Waals surface area (Å²) in [6, 6.07) is 11.1. The minimum atomic E-state index is 0.499. The van der Waals surface area contributed by atoms with Crippen LogP contribution < -0.4 is 0 Å². The normalized spacial score (nSPS) is 33.6. The molecule has 5 rings (SSSR count). The molecule has 1 saturated carbocycles. The largest absolute Gasteiger partial charge is 0.376 e. The Labute approximate surface area is 128 Å². The average molecular weight is 285 g/mol. The Balaban J connectivity index is 1.40. The summed E-state index contributed by atoms with van der Waals surface area (Å²) in [6.07, 6.45) is 7.40. The molecule has 4 fully saturated rings. The lowest BCUT2D eigenvalue weighted by Crippen LogP contribution is -2.51. The number of rotatable bonds is 5. The van der Waals surface area contributed by atoms with E-state index in [-0.39, 0.29) is 0 Å². The summed E-state index contributed by atoms with van der Waals surface area (Å²) in [5.74, 6) is 2.30. The van der Waals surface area contributed by atoms with Crippen molar-refractivity contribution < 1.29 is 4.74 Å². The number of ether oxygens (including phenoxy) is 1. The van der Waals surface area contributed by atoms with Crippen molar-refractivity contribution >= 4 is 0 Å². The van der Waals surface area contributed by atoms with E-state index < -0.39 is 0 Å². The molecule has 114 valence electrons. The van der Waals surface area contributed by atoms with Crippen molar-refractivity contribution in [3.05, 3.63) is 35.9 Å². The molecule has 1 aromatic rings. The van der Waals surface area contributed by atoms with Gasteiger partial charge in [0.25, 0.3) is 0 Å². The maximum absolute atomic E-state index is 6.45. The minimum Gasteiger partial charge on any atom is -0.376 e. The van der Waals surface area contributed by atoms with Gasteiger partial charge >= 0.3 is 0 Å². The number of nitrogens with zero attached hydrogens (tertiary/aromatic N) is 1. The second-order valence-corrected chi connectivity index (χ2v) is 7.22. The van der Waals surface area contributed by atoms with E-state index in [0.29, 0.717) is 12.0 Å². The third-order valence-electron chi connectivity index (χ3n) is 6.03. The maximum Gasteiger partial charge on any atom is 0.0731 e. The SMILES string of the molecule is c1ccc(C(CO[C@@H]2CN3CCC2CC3)C2CCC2)cc1. The van der Waals surface area contributed by atoms with Crippen molar-refractivity contribution in [3.8, 4) is 0 Å². The summed E-state index contributed by atoms with van der Waals surface area (Å²) >= 11 is 0. The monoisotopic (exact) mass is 285 g/mol. The summed E-state index contributed by atoms with van der Waals surface area (Å²) < 4.78 is 6.45. The molecule has 3 aliphatic heterocycles. The van der Waals surface area contributed by atoms with E-state index in [1.165, 1.54) is 57.3 Å². The van der Waals surface area contributed by atoms with Gasteiger partial charge in [0.15, 0.2) is 0 Å². The molecular weight excluding hydrogens is 258 g/mol. The molecule has 2 bridgehead atoms.